The van der Waals surface area contributed by atoms with Gasteiger partial charge < -0.3 is 14.5 Å². The first kappa shape index (κ1) is 21.7. The molecule has 0 radical (unpaired) electrons. The summed E-state index contributed by atoms with van der Waals surface area (Å²) >= 11 is 0. The van der Waals surface area contributed by atoms with Gasteiger partial charge in [0.15, 0.2) is 0 Å². The first-order valence-corrected chi connectivity index (χ1v) is 10.3. The highest BCUT2D eigenvalue weighted by molar-refractivity contribution is 5.94. The van der Waals surface area contributed by atoms with E-state index in [1.165, 1.54) is 6.21 Å². The molecule has 160 valence electrons. The van der Waals surface area contributed by atoms with Crippen molar-refractivity contribution in [3.8, 4) is 0 Å². The number of carbonyl (C=O) groups excluding carboxylic acids is 2. The average Bonchev–Trinajstić information content (AvgIpc) is 3.30. The van der Waals surface area contributed by atoms with Crippen LogP contribution < -0.4 is 10.7 Å². The zero-order valence-corrected chi connectivity index (χ0v) is 17.0. The summed E-state index contributed by atoms with van der Waals surface area (Å²) in [7, 11) is 0. The Balaban J connectivity index is 1.45. The zero-order chi connectivity index (χ0) is 21.0. The third-order valence-corrected chi connectivity index (χ3v) is 4.92. The van der Waals surface area contributed by atoms with Gasteiger partial charge in [0.2, 0.25) is 0 Å². The summed E-state index contributed by atoms with van der Waals surface area (Å²) in [5.74, 6) is 0.353. The molecule has 3 rings (SSSR count). The molecule has 1 aromatic heterocycles. The molecule has 8 heteroatoms. The summed E-state index contributed by atoms with van der Waals surface area (Å²) in [6, 6.07) is 12.4. The monoisotopic (exact) mass is 412 g/mol. The summed E-state index contributed by atoms with van der Waals surface area (Å²) in [5.41, 5.74) is 3.27. The molecule has 1 fully saturated rings. The van der Waals surface area contributed by atoms with Gasteiger partial charge in [-0.25, -0.2) is 5.43 Å². The molecule has 2 amide bonds. The fourth-order valence-electron chi connectivity index (χ4n) is 3.32. The average molecular weight is 412 g/mol. The minimum atomic E-state index is -0.285. The highest BCUT2D eigenvalue weighted by Gasteiger charge is 2.26. The van der Waals surface area contributed by atoms with E-state index in [1.54, 1.807) is 30.5 Å². The molecule has 2 aromatic rings. The van der Waals surface area contributed by atoms with Crippen molar-refractivity contribution in [2.45, 2.75) is 25.3 Å². The van der Waals surface area contributed by atoms with Crippen molar-refractivity contribution in [2.24, 2.45) is 5.10 Å². The van der Waals surface area contributed by atoms with Crippen LogP contribution in [0.25, 0.3) is 0 Å². The van der Waals surface area contributed by atoms with Crippen molar-refractivity contribution in [2.75, 3.05) is 32.8 Å². The second kappa shape index (κ2) is 11.9. The summed E-state index contributed by atoms with van der Waals surface area (Å²) in [5, 5.41) is 6.92. The van der Waals surface area contributed by atoms with E-state index in [0.29, 0.717) is 50.6 Å². The number of amides is 2. The molecule has 1 atom stereocenters. The molecule has 0 unspecified atom stereocenters. The van der Waals surface area contributed by atoms with E-state index in [1.807, 2.05) is 18.2 Å². The summed E-state index contributed by atoms with van der Waals surface area (Å²) < 4.78 is 10.6. The Bertz CT molecular complexity index is 802. The van der Waals surface area contributed by atoms with E-state index in [0.717, 1.165) is 12.8 Å². The van der Waals surface area contributed by atoms with E-state index >= 15 is 0 Å². The van der Waals surface area contributed by atoms with Crippen molar-refractivity contribution >= 4 is 18.0 Å². The minimum absolute atomic E-state index is 0.0784. The van der Waals surface area contributed by atoms with Crippen LogP contribution in [0.15, 0.2) is 58.2 Å². The van der Waals surface area contributed by atoms with Gasteiger partial charge >= 0.3 is 0 Å². The van der Waals surface area contributed by atoms with Gasteiger partial charge in [0.25, 0.3) is 11.8 Å². The SMILES string of the molecule is O=C(NCCCC[C@H](C(=O)N/N=C/c1ccco1)N1CCOCC1)c1ccccc1. The van der Waals surface area contributed by atoms with Crippen LogP contribution in [0, 0.1) is 0 Å². The molecule has 2 heterocycles. The Morgan fingerprint density at radius 2 is 1.90 bits per heavy atom. The van der Waals surface area contributed by atoms with Crippen LogP contribution in [0.2, 0.25) is 0 Å². The van der Waals surface area contributed by atoms with E-state index in [4.69, 9.17) is 9.15 Å². The Labute approximate surface area is 176 Å². The largest absolute Gasteiger partial charge is 0.463 e. The normalized spacial score (nSPS) is 15.7. The maximum atomic E-state index is 12.7. The van der Waals surface area contributed by atoms with Gasteiger partial charge in [-0.15, -0.1) is 0 Å². The lowest BCUT2D eigenvalue weighted by Gasteiger charge is -2.33. The Morgan fingerprint density at radius 3 is 2.63 bits per heavy atom. The second-order valence-corrected chi connectivity index (χ2v) is 7.03. The number of morpholine rings is 1. The molecule has 0 spiro atoms. The number of hydrazone groups is 1. The second-order valence-electron chi connectivity index (χ2n) is 7.03. The van der Waals surface area contributed by atoms with Crippen LogP contribution in [0.4, 0.5) is 0 Å². The summed E-state index contributed by atoms with van der Waals surface area (Å²) in [4.78, 5) is 26.9. The molecule has 1 aromatic carbocycles. The van der Waals surface area contributed by atoms with Crippen LogP contribution in [-0.2, 0) is 9.53 Å². The molecule has 1 saturated heterocycles. The number of hydrogen-bond acceptors (Lipinski definition) is 6. The van der Waals surface area contributed by atoms with Gasteiger partial charge in [0, 0.05) is 25.2 Å². The number of nitrogens with zero attached hydrogens (tertiary/aromatic N) is 2. The first-order chi connectivity index (χ1) is 14.7. The van der Waals surface area contributed by atoms with Gasteiger partial charge in [0.05, 0.1) is 31.7 Å². The predicted octanol–water partition coefficient (Wildman–Crippen LogP) is 2.03. The molecule has 2 N–H and O–H groups in total. The number of ether oxygens (including phenoxy) is 1. The topological polar surface area (TPSA) is 96.2 Å². The van der Waals surface area contributed by atoms with E-state index in [2.05, 4.69) is 20.7 Å². The lowest BCUT2D eigenvalue weighted by molar-refractivity contribution is -0.128. The van der Waals surface area contributed by atoms with Gasteiger partial charge in [-0.2, -0.15) is 5.10 Å². The molecular formula is C22H28N4O4. The number of hydrogen-bond donors (Lipinski definition) is 2. The third kappa shape index (κ3) is 6.82. The van der Waals surface area contributed by atoms with Crippen LogP contribution in [0.3, 0.4) is 0 Å². The van der Waals surface area contributed by atoms with Crippen molar-refractivity contribution in [3.63, 3.8) is 0 Å². The zero-order valence-electron chi connectivity index (χ0n) is 17.0. The molecule has 1 aliphatic heterocycles. The summed E-state index contributed by atoms with van der Waals surface area (Å²) in [6.45, 7) is 3.23. The number of unbranched alkanes of at least 4 members (excludes halogenated alkanes) is 1. The lowest BCUT2D eigenvalue weighted by Crippen LogP contribution is -2.50. The van der Waals surface area contributed by atoms with Gasteiger partial charge in [-0.1, -0.05) is 18.2 Å². The van der Waals surface area contributed by atoms with Gasteiger partial charge in [0.1, 0.15) is 5.76 Å². The smallest absolute Gasteiger partial charge is 0.257 e. The van der Waals surface area contributed by atoms with Crippen LogP contribution in [0.1, 0.15) is 35.4 Å². The number of carbonyl (C=O) groups is 2. The highest BCUT2D eigenvalue weighted by atomic mass is 16.5. The molecule has 0 aliphatic carbocycles. The molecule has 30 heavy (non-hydrogen) atoms. The van der Waals surface area contributed by atoms with Crippen LogP contribution in [0.5, 0.6) is 0 Å². The summed E-state index contributed by atoms with van der Waals surface area (Å²) in [6.07, 6.45) is 5.32. The number of nitrogens with one attached hydrogen (secondary N) is 2. The van der Waals surface area contributed by atoms with Crippen molar-refractivity contribution < 1.29 is 18.7 Å². The molecule has 0 saturated carbocycles. The van der Waals surface area contributed by atoms with Crippen molar-refractivity contribution in [1.82, 2.24) is 15.6 Å². The van der Waals surface area contributed by atoms with E-state index < -0.39 is 0 Å². The van der Waals surface area contributed by atoms with E-state index in [-0.39, 0.29) is 17.9 Å². The Hall–Kier alpha value is -2.97. The maximum Gasteiger partial charge on any atom is 0.257 e. The number of rotatable bonds is 10. The number of benzene rings is 1. The molecule has 0 bridgehead atoms. The van der Waals surface area contributed by atoms with Crippen LogP contribution >= 0.6 is 0 Å². The fraction of sp³-hybridized carbons (Fsp3) is 0.409. The Morgan fingerprint density at radius 1 is 1.10 bits per heavy atom. The highest BCUT2D eigenvalue weighted by Crippen LogP contribution is 2.12. The lowest BCUT2D eigenvalue weighted by atomic mass is 10.1. The molecule has 1 aliphatic rings. The van der Waals surface area contributed by atoms with E-state index in [9.17, 15) is 9.59 Å². The fourth-order valence-corrected chi connectivity index (χ4v) is 3.32. The standard InChI is InChI=1S/C22H28N4O4/c27-21(18-7-2-1-3-8-18)23-11-5-4-10-20(26-12-15-29-16-13-26)22(28)25-24-17-19-9-6-14-30-19/h1-3,6-9,14,17,20H,4-5,10-13,15-16H2,(H,23,27)(H,25,28)/b24-17+/t20-/m1/s1. The quantitative estimate of drug-likeness (QED) is 0.354. The maximum absolute atomic E-state index is 12.7. The molecule has 8 nitrogen and oxygen atoms in total. The first-order valence-electron chi connectivity index (χ1n) is 10.3. The van der Waals surface area contributed by atoms with Crippen LogP contribution in [-0.4, -0.2) is 61.8 Å². The molecular weight excluding hydrogens is 384 g/mol. The van der Waals surface area contributed by atoms with Gasteiger partial charge in [-0.05, 0) is 43.5 Å². The predicted molar refractivity (Wildman–Crippen MR) is 113 cm³/mol. The van der Waals surface area contributed by atoms with Crippen molar-refractivity contribution in [1.29, 1.82) is 0 Å². The van der Waals surface area contributed by atoms with Gasteiger partial charge in [-0.3, -0.25) is 14.5 Å². The minimum Gasteiger partial charge on any atom is -0.463 e. The Kier molecular flexibility index (Phi) is 8.62. The number of furan rings is 1. The third-order valence-electron chi connectivity index (χ3n) is 4.92. The van der Waals surface area contributed by atoms with Crippen molar-refractivity contribution in [3.05, 3.63) is 60.1 Å².